The highest BCUT2D eigenvalue weighted by atomic mass is 32.2. The van der Waals surface area contributed by atoms with E-state index in [9.17, 15) is 18.0 Å². The average molecular weight is 488 g/mol. The van der Waals surface area contributed by atoms with Crippen LogP contribution in [0.25, 0.3) is 0 Å². The Morgan fingerprint density at radius 3 is 2.21 bits per heavy atom. The predicted octanol–water partition coefficient (Wildman–Crippen LogP) is 3.65. The van der Waals surface area contributed by atoms with Gasteiger partial charge in [-0.05, 0) is 48.9 Å². The summed E-state index contributed by atoms with van der Waals surface area (Å²) >= 11 is 0. The number of anilines is 1. The van der Waals surface area contributed by atoms with Crippen molar-refractivity contribution >= 4 is 27.5 Å². The zero-order valence-electron chi connectivity index (χ0n) is 21.0. The molecule has 0 fully saturated rings. The van der Waals surface area contributed by atoms with Crippen LogP contribution in [-0.4, -0.2) is 50.5 Å². The fourth-order valence-electron chi connectivity index (χ4n) is 3.72. The molecule has 0 radical (unpaired) electrons. The van der Waals surface area contributed by atoms with Crippen molar-refractivity contribution in [2.75, 3.05) is 23.7 Å². The lowest BCUT2D eigenvalue weighted by atomic mass is 10.1. The Balaban J connectivity index is 2.44. The first-order chi connectivity index (χ1) is 16.0. The van der Waals surface area contributed by atoms with Crippen molar-refractivity contribution in [3.05, 3.63) is 65.2 Å². The molecule has 2 amide bonds. The van der Waals surface area contributed by atoms with Crippen molar-refractivity contribution in [3.63, 3.8) is 0 Å². The third-order valence-corrected chi connectivity index (χ3v) is 6.92. The second kappa shape index (κ2) is 12.0. The molecule has 0 aromatic heterocycles. The predicted molar refractivity (Wildman–Crippen MR) is 137 cm³/mol. The molecular formula is C26H37N3O4S. The van der Waals surface area contributed by atoms with Crippen LogP contribution in [0.3, 0.4) is 0 Å². The third-order valence-electron chi connectivity index (χ3n) is 5.79. The number of benzene rings is 2. The number of hydrogen-bond acceptors (Lipinski definition) is 4. The molecule has 2 aromatic carbocycles. The zero-order chi connectivity index (χ0) is 25.5. The van der Waals surface area contributed by atoms with Crippen molar-refractivity contribution in [2.24, 2.45) is 5.92 Å². The molecule has 0 spiro atoms. The highest BCUT2D eigenvalue weighted by Crippen LogP contribution is 2.25. The van der Waals surface area contributed by atoms with Gasteiger partial charge in [-0.2, -0.15) is 0 Å². The highest BCUT2D eigenvalue weighted by molar-refractivity contribution is 7.92. The van der Waals surface area contributed by atoms with E-state index >= 15 is 0 Å². The summed E-state index contributed by atoms with van der Waals surface area (Å²) in [6.45, 7) is 9.91. The minimum atomic E-state index is -3.75. The van der Waals surface area contributed by atoms with Gasteiger partial charge in [0.15, 0.2) is 0 Å². The Labute approximate surface area is 204 Å². The maximum absolute atomic E-state index is 13.7. The number of hydrogen-bond donors (Lipinski definition) is 1. The lowest BCUT2D eigenvalue weighted by Gasteiger charge is -2.33. The average Bonchev–Trinajstić information content (AvgIpc) is 2.77. The third kappa shape index (κ3) is 7.32. The van der Waals surface area contributed by atoms with Crippen LogP contribution in [0.4, 0.5) is 5.69 Å². The molecule has 8 heteroatoms. The smallest absolute Gasteiger partial charge is 0.244 e. The number of amides is 2. The maximum atomic E-state index is 13.7. The molecular weight excluding hydrogens is 450 g/mol. The van der Waals surface area contributed by atoms with E-state index in [0.29, 0.717) is 18.7 Å². The van der Waals surface area contributed by atoms with Crippen molar-refractivity contribution in [1.29, 1.82) is 0 Å². The standard InChI is InChI=1S/C26H37N3O4S/c1-7-23(26(31)27-16-19(2)3)28(17-22-13-9-8-10-14-22)25(30)18-29(34(6,32)33)24-15-11-12-20(4)21(24)5/h8-15,19,23H,7,16-18H2,1-6H3,(H,27,31)/t23-/m0/s1. The second-order valence-corrected chi connectivity index (χ2v) is 11.0. The number of carbonyl (C=O) groups excluding carboxylic acids is 2. The van der Waals surface area contributed by atoms with E-state index in [0.717, 1.165) is 27.3 Å². The molecule has 0 bridgehead atoms. The second-order valence-electron chi connectivity index (χ2n) is 9.06. The van der Waals surface area contributed by atoms with Crippen LogP contribution in [-0.2, 0) is 26.2 Å². The molecule has 1 atom stereocenters. The van der Waals surface area contributed by atoms with Gasteiger partial charge in [0.05, 0.1) is 11.9 Å². The maximum Gasteiger partial charge on any atom is 0.244 e. The summed E-state index contributed by atoms with van der Waals surface area (Å²) in [5.41, 5.74) is 3.05. The lowest BCUT2D eigenvalue weighted by molar-refractivity contribution is -0.140. The Hall–Kier alpha value is -2.87. The minimum Gasteiger partial charge on any atom is -0.354 e. The lowest BCUT2D eigenvalue weighted by Crippen LogP contribution is -2.52. The van der Waals surface area contributed by atoms with Gasteiger partial charge in [-0.3, -0.25) is 13.9 Å². The molecule has 0 aliphatic rings. The summed E-state index contributed by atoms with van der Waals surface area (Å²) < 4.78 is 26.6. The molecule has 0 heterocycles. The Morgan fingerprint density at radius 2 is 1.65 bits per heavy atom. The van der Waals surface area contributed by atoms with Gasteiger partial charge in [-0.25, -0.2) is 8.42 Å². The molecule has 0 unspecified atom stereocenters. The molecule has 186 valence electrons. The summed E-state index contributed by atoms with van der Waals surface area (Å²) in [6, 6.07) is 14.1. The summed E-state index contributed by atoms with van der Waals surface area (Å²) in [5, 5.41) is 2.92. The summed E-state index contributed by atoms with van der Waals surface area (Å²) in [7, 11) is -3.75. The van der Waals surface area contributed by atoms with E-state index in [1.807, 2.05) is 71.0 Å². The van der Waals surface area contributed by atoms with E-state index < -0.39 is 22.0 Å². The first-order valence-electron chi connectivity index (χ1n) is 11.6. The highest BCUT2D eigenvalue weighted by Gasteiger charge is 2.32. The SMILES string of the molecule is CC[C@@H](C(=O)NCC(C)C)N(Cc1ccccc1)C(=O)CN(c1cccc(C)c1C)S(C)(=O)=O. The summed E-state index contributed by atoms with van der Waals surface area (Å²) in [5.74, 6) is -0.399. The van der Waals surface area contributed by atoms with Crippen LogP contribution in [0.5, 0.6) is 0 Å². The fourth-order valence-corrected chi connectivity index (χ4v) is 4.62. The summed E-state index contributed by atoms with van der Waals surface area (Å²) in [4.78, 5) is 28.2. The van der Waals surface area contributed by atoms with Crippen molar-refractivity contribution in [3.8, 4) is 0 Å². The number of rotatable bonds is 11. The Kier molecular flexibility index (Phi) is 9.67. The first kappa shape index (κ1) is 27.4. The summed E-state index contributed by atoms with van der Waals surface area (Å²) in [6.07, 6.45) is 1.50. The molecule has 0 aliphatic heterocycles. The van der Waals surface area contributed by atoms with Crippen molar-refractivity contribution in [2.45, 2.75) is 53.6 Å². The molecule has 1 N–H and O–H groups in total. The molecule has 0 aliphatic carbocycles. The van der Waals surface area contributed by atoms with Gasteiger partial charge in [0.2, 0.25) is 21.8 Å². The number of sulfonamides is 1. The number of nitrogens with zero attached hydrogens (tertiary/aromatic N) is 2. The number of carbonyl (C=O) groups is 2. The molecule has 34 heavy (non-hydrogen) atoms. The number of nitrogens with one attached hydrogen (secondary N) is 1. The molecule has 0 saturated carbocycles. The van der Waals surface area contributed by atoms with Crippen molar-refractivity contribution in [1.82, 2.24) is 10.2 Å². The van der Waals surface area contributed by atoms with E-state index in [1.54, 1.807) is 12.1 Å². The monoisotopic (exact) mass is 487 g/mol. The van der Waals surface area contributed by atoms with Crippen molar-refractivity contribution < 1.29 is 18.0 Å². The minimum absolute atomic E-state index is 0.206. The van der Waals surface area contributed by atoms with Gasteiger partial charge in [0, 0.05) is 13.1 Å². The van der Waals surface area contributed by atoms with Crippen LogP contribution in [0.2, 0.25) is 0 Å². The fraction of sp³-hybridized carbons (Fsp3) is 0.462. The quantitative estimate of drug-likeness (QED) is 0.524. The first-order valence-corrected chi connectivity index (χ1v) is 13.5. The van der Waals surface area contributed by atoms with Gasteiger partial charge in [-0.15, -0.1) is 0 Å². The molecule has 2 rings (SSSR count). The van der Waals surface area contributed by atoms with Gasteiger partial charge < -0.3 is 10.2 Å². The number of aryl methyl sites for hydroxylation is 1. The van der Waals surface area contributed by atoms with Crippen LogP contribution in [0.1, 0.15) is 43.9 Å². The largest absolute Gasteiger partial charge is 0.354 e. The van der Waals surface area contributed by atoms with E-state index in [2.05, 4.69) is 5.32 Å². The zero-order valence-corrected chi connectivity index (χ0v) is 21.9. The van der Waals surface area contributed by atoms with Gasteiger partial charge in [0.25, 0.3) is 0 Å². The Morgan fingerprint density at radius 1 is 1.00 bits per heavy atom. The Bertz CT molecular complexity index is 1080. The van der Waals surface area contributed by atoms with Gasteiger partial charge in [-0.1, -0.05) is 63.2 Å². The van der Waals surface area contributed by atoms with Gasteiger partial charge in [0.1, 0.15) is 12.6 Å². The normalized spacial score (nSPS) is 12.3. The van der Waals surface area contributed by atoms with Gasteiger partial charge >= 0.3 is 0 Å². The molecule has 0 saturated heterocycles. The van der Waals surface area contributed by atoms with Crippen LogP contribution in [0.15, 0.2) is 48.5 Å². The molecule has 7 nitrogen and oxygen atoms in total. The van der Waals surface area contributed by atoms with E-state index in [-0.39, 0.29) is 24.9 Å². The van der Waals surface area contributed by atoms with E-state index in [4.69, 9.17) is 0 Å². The topological polar surface area (TPSA) is 86.8 Å². The van der Waals surface area contributed by atoms with Crippen LogP contribution < -0.4 is 9.62 Å². The van der Waals surface area contributed by atoms with E-state index in [1.165, 1.54) is 4.90 Å². The molecule has 2 aromatic rings. The van der Waals surface area contributed by atoms with Crippen LogP contribution >= 0.6 is 0 Å². The van der Waals surface area contributed by atoms with Crippen LogP contribution in [0, 0.1) is 19.8 Å².